The predicted molar refractivity (Wildman–Crippen MR) is 123 cm³/mol. The molecule has 0 fully saturated rings. The third-order valence-corrected chi connectivity index (χ3v) is 5.29. The van der Waals surface area contributed by atoms with E-state index in [2.05, 4.69) is 17.4 Å². The molecule has 6 heteroatoms. The summed E-state index contributed by atoms with van der Waals surface area (Å²) in [6.45, 7) is 2.70. The molecule has 0 radical (unpaired) electrons. The van der Waals surface area contributed by atoms with Gasteiger partial charge in [-0.15, -0.1) is 0 Å². The first-order chi connectivity index (χ1) is 15.6. The number of carbonyl (C=O) groups excluding carboxylic acids is 2. The largest absolute Gasteiger partial charge is 0.484 e. The minimum absolute atomic E-state index is 0.0426. The Morgan fingerprint density at radius 2 is 1.78 bits per heavy atom. The average Bonchev–Trinajstić information content (AvgIpc) is 2.93. The molecule has 1 heterocycles. The van der Waals surface area contributed by atoms with Crippen molar-refractivity contribution in [3.05, 3.63) is 90.0 Å². The summed E-state index contributed by atoms with van der Waals surface area (Å²) in [5, 5.41) is 2.85. The number of carbonyl (C=O) groups is 2. The first-order valence-electron chi connectivity index (χ1n) is 10.7. The molecule has 6 nitrogen and oxygen atoms in total. The average molecular weight is 431 g/mol. The third kappa shape index (κ3) is 5.46. The molecule has 1 N–H and O–H groups in total. The van der Waals surface area contributed by atoms with E-state index in [1.54, 1.807) is 31.2 Å². The van der Waals surface area contributed by atoms with E-state index in [-0.39, 0.29) is 18.4 Å². The van der Waals surface area contributed by atoms with Gasteiger partial charge in [-0.2, -0.15) is 0 Å². The molecule has 0 spiro atoms. The molecule has 1 atom stereocenters. The number of fused-ring (bicyclic) bond motifs is 1. The molecule has 1 unspecified atom stereocenters. The van der Waals surface area contributed by atoms with Crippen molar-refractivity contribution in [3.8, 4) is 11.5 Å². The van der Waals surface area contributed by atoms with E-state index in [9.17, 15) is 9.59 Å². The van der Waals surface area contributed by atoms with Crippen molar-refractivity contribution in [2.45, 2.75) is 26.0 Å². The van der Waals surface area contributed by atoms with Gasteiger partial charge in [-0.05, 0) is 49.2 Å². The molecule has 0 saturated heterocycles. The highest BCUT2D eigenvalue weighted by Crippen LogP contribution is 2.29. The topological polar surface area (TPSA) is 67.9 Å². The molecule has 3 aromatic rings. The van der Waals surface area contributed by atoms with Gasteiger partial charge in [0.15, 0.2) is 12.7 Å². The van der Waals surface area contributed by atoms with E-state index in [0.717, 1.165) is 12.0 Å². The fourth-order valence-corrected chi connectivity index (χ4v) is 3.64. The molecule has 1 aliphatic rings. The summed E-state index contributed by atoms with van der Waals surface area (Å²) in [6.07, 6.45) is 0.203. The summed E-state index contributed by atoms with van der Waals surface area (Å²) < 4.78 is 11.4. The molecule has 0 saturated carbocycles. The van der Waals surface area contributed by atoms with E-state index in [1.807, 2.05) is 47.4 Å². The van der Waals surface area contributed by atoms with Crippen molar-refractivity contribution in [3.63, 3.8) is 0 Å². The molecule has 0 aromatic heterocycles. The Kier molecular flexibility index (Phi) is 6.70. The van der Waals surface area contributed by atoms with Gasteiger partial charge in [0.1, 0.15) is 11.5 Å². The van der Waals surface area contributed by atoms with Gasteiger partial charge < -0.3 is 19.7 Å². The summed E-state index contributed by atoms with van der Waals surface area (Å²) in [7, 11) is 0. The maximum atomic E-state index is 12.8. The lowest BCUT2D eigenvalue weighted by molar-refractivity contribution is -0.137. The van der Waals surface area contributed by atoms with Crippen molar-refractivity contribution < 1.29 is 19.1 Å². The molecule has 0 aliphatic carbocycles. The quantitative estimate of drug-likeness (QED) is 0.614. The zero-order valence-electron chi connectivity index (χ0n) is 18.0. The monoisotopic (exact) mass is 430 g/mol. The number of amides is 2. The van der Waals surface area contributed by atoms with Crippen molar-refractivity contribution >= 4 is 17.5 Å². The fourth-order valence-electron chi connectivity index (χ4n) is 3.64. The number of nitrogens with one attached hydrogen (secondary N) is 1. The van der Waals surface area contributed by atoms with Crippen LogP contribution in [0.1, 0.15) is 18.1 Å². The van der Waals surface area contributed by atoms with E-state index in [1.165, 1.54) is 5.56 Å². The highest BCUT2D eigenvalue weighted by Gasteiger charge is 2.27. The second-order valence-electron chi connectivity index (χ2n) is 7.73. The summed E-state index contributed by atoms with van der Waals surface area (Å²) >= 11 is 0. The summed E-state index contributed by atoms with van der Waals surface area (Å²) in [5.74, 6) is 0.999. The zero-order chi connectivity index (χ0) is 22.3. The number of benzene rings is 3. The van der Waals surface area contributed by atoms with Gasteiger partial charge in [-0.1, -0.05) is 48.5 Å². The van der Waals surface area contributed by atoms with Crippen molar-refractivity contribution in [1.29, 1.82) is 0 Å². The van der Waals surface area contributed by atoms with Gasteiger partial charge >= 0.3 is 0 Å². The van der Waals surface area contributed by atoms with Gasteiger partial charge in [0, 0.05) is 24.3 Å². The van der Waals surface area contributed by atoms with Crippen LogP contribution in [-0.2, 0) is 22.6 Å². The molecule has 1 aliphatic heterocycles. The third-order valence-electron chi connectivity index (χ3n) is 5.29. The number of ether oxygens (including phenoxy) is 2. The lowest BCUT2D eigenvalue weighted by atomic mass is 10.1. The van der Waals surface area contributed by atoms with E-state index in [4.69, 9.17) is 9.47 Å². The Bertz CT molecular complexity index is 1070. The lowest BCUT2D eigenvalue weighted by Crippen LogP contribution is -2.39. The van der Waals surface area contributed by atoms with Crippen LogP contribution in [0.25, 0.3) is 0 Å². The first kappa shape index (κ1) is 21.4. The molecule has 164 valence electrons. The number of anilines is 1. The van der Waals surface area contributed by atoms with Crippen LogP contribution in [-0.4, -0.2) is 36.0 Å². The van der Waals surface area contributed by atoms with Crippen LogP contribution in [0, 0.1) is 0 Å². The SMILES string of the molecule is CC1Oc2ccc(NC(=O)COc3ccccc3)cc2CN(CCc2ccccc2)C1=O. The predicted octanol–water partition coefficient (Wildman–Crippen LogP) is 4.06. The number of hydrogen-bond acceptors (Lipinski definition) is 4. The highest BCUT2D eigenvalue weighted by atomic mass is 16.5. The van der Waals surface area contributed by atoms with Crippen LogP contribution >= 0.6 is 0 Å². The van der Waals surface area contributed by atoms with E-state index >= 15 is 0 Å². The minimum atomic E-state index is -0.563. The Morgan fingerprint density at radius 3 is 2.53 bits per heavy atom. The molecule has 0 bridgehead atoms. The summed E-state index contributed by atoms with van der Waals surface area (Å²) in [4.78, 5) is 27.0. The molecule has 2 amide bonds. The standard InChI is InChI=1S/C26H26N2O4/c1-19-26(30)28(15-14-20-8-4-2-5-9-20)17-21-16-22(12-13-24(21)32-19)27-25(29)18-31-23-10-6-3-7-11-23/h2-13,16,19H,14-15,17-18H2,1H3,(H,27,29). The van der Waals surface area contributed by atoms with Crippen LogP contribution in [0.5, 0.6) is 11.5 Å². The molecule has 32 heavy (non-hydrogen) atoms. The first-order valence-corrected chi connectivity index (χ1v) is 10.7. The maximum Gasteiger partial charge on any atom is 0.263 e. The fraction of sp³-hybridized carbons (Fsp3) is 0.231. The van der Waals surface area contributed by atoms with Gasteiger partial charge in [-0.3, -0.25) is 9.59 Å². The Labute approximate surface area is 187 Å². The van der Waals surface area contributed by atoms with Crippen LogP contribution in [0.4, 0.5) is 5.69 Å². The highest BCUT2D eigenvalue weighted by molar-refractivity contribution is 5.92. The van der Waals surface area contributed by atoms with Gasteiger partial charge in [0.05, 0.1) is 0 Å². The smallest absolute Gasteiger partial charge is 0.263 e. The van der Waals surface area contributed by atoms with Crippen molar-refractivity contribution in [1.82, 2.24) is 4.90 Å². The second-order valence-corrected chi connectivity index (χ2v) is 7.73. The summed E-state index contributed by atoms with van der Waals surface area (Å²) in [6, 6.07) is 24.7. The van der Waals surface area contributed by atoms with Crippen LogP contribution < -0.4 is 14.8 Å². The molecular formula is C26H26N2O4. The normalized spacial score (nSPS) is 15.3. The molecule has 3 aromatic carbocycles. The maximum absolute atomic E-state index is 12.8. The Morgan fingerprint density at radius 1 is 1.06 bits per heavy atom. The molecular weight excluding hydrogens is 404 g/mol. The minimum Gasteiger partial charge on any atom is -0.484 e. The number of hydrogen-bond donors (Lipinski definition) is 1. The van der Waals surface area contributed by atoms with Gasteiger partial charge in [0.25, 0.3) is 11.8 Å². The Balaban J connectivity index is 1.42. The van der Waals surface area contributed by atoms with E-state index in [0.29, 0.717) is 30.3 Å². The van der Waals surface area contributed by atoms with Crippen LogP contribution in [0.15, 0.2) is 78.9 Å². The van der Waals surface area contributed by atoms with Gasteiger partial charge in [0.2, 0.25) is 0 Å². The number of para-hydroxylation sites is 1. The number of rotatable bonds is 7. The van der Waals surface area contributed by atoms with Gasteiger partial charge in [-0.25, -0.2) is 0 Å². The Hall–Kier alpha value is -3.80. The number of nitrogens with zero attached hydrogens (tertiary/aromatic N) is 1. The molecule has 4 rings (SSSR count). The lowest BCUT2D eigenvalue weighted by Gasteiger charge is -2.22. The van der Waals surface area contributed by atoms with E-state index < -0.39 is 6.10 Å². The second kappa shape index (κ2) is 10.0. The van der Waals surface area contributed by atoms with Crippen molar-refractivity contribution in [2.75, 3.05) is 18.5 Å². The van der Waals surface area contributed by atoms with Crippen LogP contribution in [0.2, 0.25) is 0 Å². The summed E-state index contributed by atoms with van der Waals surface area (Å²) in [5.41, 5.74) is 2.68. The zero-order valence-corrected chi connectivity index (χ0v) is 18.0. The van der Waals surface area contributed by atoms with Crippen LogP contribution in [0.3, 0.4) is 0 Å². The van der Waals surface area contributed by atoms with Crippen molar-refractivity contribution in [2.24, 2.45) is 0 Å².